The Morgan fingerprint density at radius 2 is 1.96 bits per heavy atom. The molecule has 3 aromatic rings. The number of nitrogens with zero attached hydrogens (tertiary/aromatic N) is 2. The molecule has 128 valence electrons. The van der Waals surface area contributed by atoms with Crippen molar-refractivity contribution in [3.63, 3.8) is 0 Å². The fourth-order valence-corrected chi connectivity index (χ4v) is 2.88. The van der Waals surface area contributed by atoms with Crippen LogP contribution in [0.1, 0.15) is 5.69 Å². The molecule has 0 fully saturated rings. The van der Waals surface area contributed by atoms with Gasteiger partial charge in [0.2, 0.25) is 0 Å². The van der Waals surface area contributed by atoms with Crippen LogP contribution in [0.15, 0.2) is 36.5 Å². The molecule has 0 atom stereocenters. The third-order valence-corrected chi connectivity index (χ3v) is 4.14. The molecule has 0 aliphatic heterocycles. The number of aryl methyl sites for hydroxylation is 1. The predicted molar refractivity (Wildman–Crippen MR) is 99.9 cm³/mol. The molecule has 25 heavy (non-hydrogen) atoms. The first-order chi connectivity index (χ1) is 11.9. The lowest BCUT2D eigenvalue weighted by Gasteiger charge is -2.12. The summed E-state index contributed by atoms with van der Waals surface area (Å²) in [5.74, 6) is 0.296. The molecule has 1 amide bonds. The Morgan fingerprint density at radius 1 is 1.16 bits per heavy atom. The normalized spacial score (nSPS) is 10.7. The molecule has 0 bridgehead atoms. The van der Waals surface area contributed by atoms with Crippen molar-refractivity contribution in [3.05, 3.63) is 57.3 Å². The van der Waals surface area contributed by atoms with Gasteiger partial charge in [0.1, 0.15) is 11.3 Å². The lowest BCUT2D eigenvalue weighted by Crippen LogP contribution is -2.21. The Hall–Kier alpha value is -2.08. The number of carbonyl (C=O) groups excluding carboxylic acids is 1. The molecule has 2 heterocycles. The van der Waals surface area contributed by atoms with Gasteiger partial charge in [-0.15, -0.1) is 0 Å². The molecule has 1 aromatic carbocycles. The van der Waals surface area contributed by atoms with E-state index in [2.05, 4.69) is 15.3 Å². The van der Waals surface area contributed by atoms with Crippen LogP contribution < -0.4 is 10.1 Å². The van der Waals surface area contributed by atoms with E-state index in [1.165, 1.54) is 6.20 Å². The van der Waals surface area contributed by atoms with Crippen LogP contribution in [-0.4, -0.2) is 22.5 Å². The average Bonchev–Trinajstić information content (AvgIpc) is 2.56. The highest BCUT2D eigenvalue weighted by atomic mass is 35.5. The monoisotopic (exact) mass is 395 g/mol. The molecule has 0 unspecified atom stereocenters. The summed E-state index contributed by atoms with van der Waals surface area (Å²) in [4.78, 5) is 20.5. The van der Waals surface area contributed by atoms with Crippen LogP contribution in [0.2, 0.25) is 15.1 Å². The Kier molecular flexibility index (Phi) is 5.27. The molecule has 0 saturated heterocycles. The number of benzene rings is 1. The lowest BCUT2D eigenvalue weighted by molar-refractivity contribution is -0.118. The van der Waals surface area contributed by atoms with Crippen molar-refractivity contribution in [3.8, 4) is 5.75 Å². The summed E-state index contributed by atoms with van der Waals surface area (Å²) >= 11 is 18.2. The van der Waals surface area contributed by atoms with Gasteiger partial charge in [-0.25, -0.2) is 9.97 Å². The molecule has 8 heteroatoms. The topological polar surface area (TPSA) is 64.1 Å². The number of fused-ring (bicyclic) bond motifs is 1. The molecular weight excluding hydrogens is 385 g/mol. The first-order valence-electron chi connectivity index (χ1n) is 7.23. The number of anilines is 1. The predicted octanol–water partition coefficient (Wildman–Crippen LogP) is 4.92. The summed E-state index contributed by atoms with van der Waals surface area (Å²) in [7, 11) is 0. The molecule has 0 aliphatic carbocycles. The third kappa shape index (κ3) is 4.12. The minimum atomic E-state index is -0.387. The van der Waals surface area contributed by atoms with E-state index in [0.29, 0.717) is 32.5 Å². The molecule has 0 spiro atoms. The summed E-state index contributed by atoms with van der Waals surface area (Å²) in [5.41, 5.74) is 1.29. The van der Waals surface area contributed by atoms with E-state index in [0.717, 1.165) is 5.69 Å². The largest absolute Gasteiger partial charge is 0.480 e. The van der Waals surface area contributed by atoms with E-state index in [1.54, 1.807) is 18.2 Å². The Balaban J connectivity index is 1.79. The van der Waals surface area contributed by atoms with E-state index in [4.69, 9.17) is 39.5 Å². The summed E-state index contributed by atoms with van der Waals surface area (Å²) in [5, 5.41) is 4.54. The van der Waals surface area contributed by atoms with Gasteiger partial charge in [0, 0.05) is 17.3 Å². The zero-order valence-electron chi connectivity index (χ0n) is 13.0. The van der Waals surface area contributed by atoms with Crippen molar-refractivity contribution < 1.29 is 9.53 Å². The number of halogens is 3. The van der Waals surface area contributed by atoms with Gasteiger partial charge in [0.25, 0.3) is 5.91 Å². The standard InChI is InChI=1S/C17H12Cl3N3O2/c1-9-2-4-11-12(19)6-13(20)17(16(11)22-9)25-8-15(24)23-14-5-3-10(18)7-21-14/h2-7H,8H2,1H3,(H,21,23,24). The van der Waals surface area contributed by atoms with E-state index >= 15 is 0 Å². The summed E-state index contributed by atoms with van der Waals surface area (Å²) in [6.45, 7) is 1.59. The molecule has 0 aliphatic rings. The van der Waals surface area contributed by atoms with E-state index in [1.807, 2.05) is 19.1 Å². The number of aromatic nitrogens is 2. The molecular formula is C17H12Cl3N3O2. The van der Waals surface area contributed by atoms with Gasteiger partial charge < -0.3 is 10.1 Å². The van der Waals surface area contributed by atoms with Crippen LogP contribution in [0.4, 0.5) is 5.82 Å². The van der Waals surface area contributed by atoms with Crippen molar-refractivity contribution in [2.24, 2.45) is 0 Å². The van der Waals surface area contributed by atoms with Crippen molar-refractivity contribution in [1.82, 2.24) is 9.97 Å². The molecule has 3 rings (SSSR count). The maximum Gasteiger partial charge on any atom is 0.263 e. The smallest absolute Gasteiger partial charge is 0.263 e. The van der Waals surface area contributed by atoms with Gasteiger partial charge in [-0.3, -0.25) is 4.79 Å². The Bertz CT molecular complexity index is 946. The summed E-state index contributed by atoms with van der Waals surface area (Å²) in [6, 6.07) is 8.46. The highest BCUT2D eigenvalue weighted by molar-refractivity contribution is 6.39. The number of rotatable bonds is 4. The molecule has 2 aromatic heterocycles. The lowest BCUT2D eigenvalue weighted by atomic mass is 10.2. The maximum atomic E-state index is 12.1. The second-order valence-electron chi connectivity index (χ2n) is 5.22. The van der Waals surface area contributed by atoms with Crippen LogP contribution >= 0.6 is 34.8 Å². The van der Waals surface area contributed by atoms with Crippen molar-refractivity contribution in [2.75, 3.05) is 11.9 Å². The first kappa shape index (κ1) is 17.7. The zero-order valence-corrected chi connectivity index (χ0v) is 15.3. The average molecular weight is 397 g/mol. The first-order valence-corrected chi connectivity index (χ1v) is 8.37. The van der Waals surface area contributed by atoms with Gasteiger partial charge in [0.15, 0.2) is 12.4 Å². The van der Waals surface area contributed by atoms with Crippen LogP contribution in [0.25, 0.3) is 10.9 Å². The minimum Gasteiger partial charge on any atom is -0.480 e. The number of hydrogen-bond donors (Lipinski definition) is 1. The van der Waals surface area contributed by atoms with Crippen LogP contribution in [0.3, 0.4) is 0 Å². The fraction of sp³-hybridized carbons (Fsp3) is 0.118. The molecule has 1 N–H and O–H groups in total. The molecule has 0 radical (unpaired) electrons. The third-order valence-electron chi connectivity index (χ3n) is 3.32. The number of pyridine rings is 2. The van der Waals surface area contributed by atoms with Crippen LogP contribution in [-0.2, 0) is 4.79 Å². The van der Waals surface area contributed by atoms with Crippen LogP contribution in [0, 0.1) is 6.92 Å². The van der Waals surface area contributed by atoms with E-state index in [-0.39, 0.29) is 17.5 Å². The van der Waals surface area contributed by atoms with E-state index in [9.17, 15) is 4.79 Å². The number of amides is 1. The number of nitrogens with one attached hydrogen (secondary N) is 1. The SMILES string of the molecule is Cc1ccc2c(Cl)cc(Cl)c(OCC(=O)Nc3ccc(Cl)cn3)c2n1. The number of ether oxygens (including phenoxy) is 1. The summed E-state index contributed by atoms with van der Waals surface area (Å²) < 4.78 is 5.60. The van der Waals surface area contributed by atoms with E-state index < -0.39 is 0 Å². The van der Waals surface area contributed by atoms with Crippen LogP contribution in [0.5, 0.6) is 5.75 Å². The molecule has 0 saturated carbocycles. The fourth-order valence-electron chi connectivity index (χ4n) is 2.19. The zero-order chi connectivity index (χ0) is 18.0. The van der Waals surface area contributed by atoms with Crippen molar-refractivity contribution in [2.45, 2.75) is 6.92 Å². The van der Waals surface area contributed by atoms with Gasteiger partial charge in [0.05, 0.1) is 15.1 Å². The maximum absolute atomic E-state index is 12.1. The summed E-state index contributed by atoms with van der Waals surface area (Å²) in [6.07, 6.45) is 1.44. The second kappa shape index (κ2) is 7.44. The quantitative estimate of drug-likeness (QED) is 0.680. The highest BCUT2D eigenvalue weighted by Gasteiger charge is 2.15. The van der Waals surface area contributed by atoms with Crippen molar-refractivity contribution >= 4 is 57.4 Å². The van der Waals surface area contributed by atoms with Gasteiger partial charge >= 0.3 is 0 Å². The molecule has 5 nitrogen and oxygen atoms in total. The Morgan fingerprint density at radius 3 is 2.68 bits per heavy atom. The number of carbonyl (C=O) groups is 1. The second-order valence-corrected chi connectivity index (χ2v) is 6.47. The Labute approximate surface area is 158 Å². The minimum absolute atomic E-state index is 0.254. The van der Waals surface area contributed by atoms with Gasteiger partial charge in [-0.1, -0.05) is 34.8 Å². The number of hydrogen-bond acceptors (Lipinski definition) is 4. The van der Waals surface area contributed by atoms with Crippen molar-refractivity contribution in [1.29, 1.82) is 0 Å². The van der Waals surface area contributed by atoms with Gasteiger partial charge in [-0.05, 0) is 37.3 Å². The van der Waals surface area contributed by atoms with Gasteiger partial charge in [-0.2, -0.15) is 0 Å². The highest BCUT2D eigenvalue weighted by Crippen LogP contribution is 2.37.